The average molecular weight is 259 g/mol. The number of carbonyl (C=O) groups excluding carboxylic acids is 1. The first-order chi connectivity index (χ1) is 9.11. The maximum Gasteiger partial charge on any atom is 0.261 e. The summed E-state index contributed by atoms with van der Waals surface area (Å²) in [5.74, 6) is 2.74. The van der Waals surface area contributed by atoms with Gasteiger partial charge in [0.2, 0.25) is 0 Å². The Morgan fingerprint density at radius 3 is 3.21 bits per heavy atom. The van der Waals surface area contributed by atoms with Crippen molar-refractivity contribution in [3.63, 3.8) is 0 Å². The van der Waals surface area contributed by atoms with Gasteiger partial charge in [-0.2, -0.15) is 0 Å². The molecule has 2 atom stereocenters. The normalized spacial score (nSPS) is 18.3. The number of ether oxygens (including phenoxy) is 1. The topological polar surface area (TPSA) is 58.6 Å². The minimum Gasteiger partial charge on any atom is -0.481 e. The van der Waals surface area contributed by atoms with E-state index in [1.165, 1.54) is 0 Å². The second-order valence-electron chi connectivity index (χ2n) is 4.60. The maximum absolute atomic E-state index is 11.6. The molecule has 2 rings (SSSR count). The van der Waals surface area contributed by atoms with Crippen LogP contribution in [-0.4, -0.2) is 23.7 Å². The van der Waals surface area contributed by atoms with Crippen LogP contribution in [0.5, 0.6) is 5.75 Å². The zero-order valence-electron chi connectivity index (χ0n) is 10.8. The van der Waals surface area contributed by atoms with Crippen molar-refractivity contribution in [1.29, 1.82) is 0 Å². The molecule has 0 spiro atoms. The van der Waals surface area contributed by atoms with Gasteiger partial charge in [0.25, 0.3) is 5.91 Å². The summed E-state index contributed by atoms with van der Waals surface area (Å²) in [6.45, 7) is 1.87. The number of benzene rings is 1. The molecule has 19 heavy (non-hydrogen) atoms. The predicted octanol–water partition coefficient (Wildman–Crippen LogP) is 1.18. The molecule has 1 aromatic carbocycles. The number of fused-ring (bicyclic) bond motifs is 1. The number of nitrogens with one attached hydrogen (secondary N) is 1. The molecule has 0 aromatic heterocycles. The van der Waals surface area contributed by atoms with Crippen molar-refractivity contribution in [2.45, 2.75) is 32.0 Å². The smallest absolute Gasteiger partial charge is 0.261 e. The Morgan fingerprint density at radius 2 is 2.47 bits per heavy atom. The van der Waals surface area contributed by atoms with Gasteiger partial charge >= 0.3 is 0 Å². The number of aliphatic hydroxyl groups is 1. The van der Waals surface area contributed by atoms with Crippen LogP contribution >= 0.6 is 0 Å². The van der Waals surface area contributed by atoms with E-state index in [0.717, 1.165) is 24.0 Å². The number of hydrogen-bond donors (Lipinski definition) is 2. The lowest BCUT2D eigenvalue weighted by molar-refractivity contribution is -0.126. The summed E-state index contributed by atoms with van der Waals surface area (Å²) in [7, 11) is 0. The van der Waals surface area contributed by atoms with E-state index >= 15 is 0 Å². The highest BCUT2D eigenvalue weighted by Gasteiger charge is 2.21. The van der Waals surface area contributed by atoms with Crippen LogP contribution in [0.25, 0.3) is 0 Å². The summed E-state index contributed by atoms with van der Waals surface area (Å²) < 4.78 is 5.57. The Bertz CT molecular complexity index is 519. The lowest BCUT2D eigenvalue weighted by Gasteiger charge is -2.15. The fourth-order valence-corrected chi connectivity index (χ4v) is 2.18. The van der Waals surface area contributed by atoms with Crippen molar-refractivity contribution in [2.24, 2.45) is 0 Å². The molecule has 4 nitrogen and oxygen atoms in total. The molecule has 0 aliphatic heterocycles. The Morgan fingerprint density at radius 1 is 1.68 bits per heavy atom. The quantitative estimate of drug-likeness (QED) is 0.798. The monoisotopic (exact) mass is 259 g/mol. The molecule has 1 aromatic rings. The molecule has 1 aliphatic carbocycles. The molecule has 0 saturated heterocycles. The van der Waals surface area contributed by atoms with E-state index in [1.54, 1.807) is 13.0 Å². The Kier molecular flexibility index (Phi) is 4.08. The van der Waals surface area contributed by atoms with Crippen molar-refractivity contribution in [3.05, 3.63) is 29.3 Å². The van der Waals surface area contributed by atoms with Gasteiger partial charge in [-0.15, -0.1) is 6.42 Å². The van der Waals surface area contributed by atoms with Gasteiger partial charge in [-0.3, -0.25) is 4.79 Å². The largest absolute Gasteiger partial charge is 0.481 e. The Hall–Kier alpha value is -1.99. The number of carbonyl (C=O) groups is 1. The molecule has 100 valence electrons. The third kappa shape index (κ3) is 3.07. The van der Waals surface area contributed by atoms with Gasteiger partial charge in [0.15, 0.2) is 6.10 Å². The third-order valence-electron chi connectivity index (χ3n) is 3.21. The van der Waals surface area contributed by atoms with Crippen molar-refractivity contribution in [1.82, 2.24) is 5.32 Å². The van der Waals surface area contributed by atoms with E-state index in [0.29, 0.717) is 5.75 Å². The number of hydrogen-bond acceptors (Lipinski definition) is 3. The number of amides is 1. The Labute approximate surface area is 112 Å². The SMILES string of the molecule is C#CCNC(=O)C(C)Oc1ccc2c(c1)CCC2O. The summed E-state index contributed by atoms with van der Waals surface area (Å²) in [5.41, 5.74) is 2.04. The van der Waals surface area contributed by atoms with Crippen LogP contribution in [-0.2, 0) is 11.2 Å². The van der Waals surface area contributed by atoms with Gasteiger partial charge in [-0.1, -0.05) is 12.0 Å². The molecular weight excluding hydrogens is 242 g/mol. The first-order valence-corrected chi connectivity index (χ1v) is 6.30. The van der Waals surface area contributed by atoms with Crippen LogP contribution in [0.2, 0.25) is 0 Å². The first-order valence-electron chi connectivity index (χ1n) is 6.30. The summed E-state index contributed by atoms with van der Waals surface area (Å²) in [6.07, 6.45) is 5.69. The standard InChI is InChI=1S/C15H17NO3/c1-3-8-16-15(18)10(2)19-12-5-6-13-11(9-12)4-7-14(13)17/h1,5-6,9-10,14,17H,4,7-8H2,2H3,(H,16,18). The van der Waals surface area contributed by atoms with E-state index in [-0.39, 0.29) is 18.6 Å². The predicted molar refractivity (Wildman–Crippen MR) is 71.7 cm³/mol. The Balaban J connectivity index is 2.00. The average Bonchev–Trinajstić information content (AvgIpc) is 2.77. The van der Waals surface area contributed by atoms with Crippen LogP contribution in [0, 0.1) is 12.3 Å². The molecule has 0 fully saturated rings. The minimum atomic E-state index is -0.599. The zero-order valence-corrected chi connectivity index (χ0v) is 10.8. The van der Waals surface area contributed by atoms with Crippen LogP contribution in [0.4, 0.5) is 0 Å². The lowest BCUT2D eigenvalue weighted by Crippen LogP contribution is -2.36. The first kappa shape index (κ1) is 13.4. The van der Waals surface area contributed by atoms with E-state index < -0.39 is 6.10 Å². The van der Waals surface area contributed by atoms with Gasteiger partial charge in [0.1, 0.15) is 5.75 Å². The molecule has 0 saturated carbocycles. The molecule has 0 bridgehead atoms. The lowest BCUT2D eigenvalue weighted by atomic mass is 10.1. The summed E-state index contributed by atoms with van der Waals surface area (Å²) >= 11 is 0. The van der Waals surface area contributed by atoms with Gasteiger partial charge in [0.05, 0.1) is 12.6 Å². The van der Waals surface area contributed by atoms with Crippen LogP contribution in [0.1, 0.15) is 30.6 Å². The number of aliphatic hydroxyl groups excluding tert-OH is 1. The zero-order chi connectivity index (χ0) is 13.8. The molecule has 1 aliphatic rings. The molecule has 2 unspecified atom stereocenters. The minimum absolute atomic E-state index is 0.197. The maximum atomic E-state index is 11.6. The van der Waals surface area contributed by atoms with Gasteiger partial charge in [0, 0.05) is 0 Å². The summed E-state index contributed by atoms with van der Waals surface area (Å²) in [5, 5.41) is 12.3. The van der Waals surface area contributed by atoms with Crippen molar-refractivity contribution < 1.29 is 14.6 Å². The summed E-state index contributed by atoms with van der Waals surface area (Å²) in [6, 6.07) is 5.52. The van der Waals surface area contributed by atoms with Crippen LogP contribution in [0.3, 0.4) is 0 Å². The third-order valence-corrected chi connectivity index (χ3v) is 3.21. The highest BCUT2D eigenvalue weighted by Crippen LogP contribution is 2.33. The summed E-state index contributed by atoms with van der Waals surface area (Å²) in [4.78, 5) is 11.6. The highest BCUT2D eigenvalue weighted by atomic mass is 16.5. The fraction of sp³-hybridized carbons (Fsp3) is 0.400. The second-order valence-corrected chi connectivity index (χ2v) is 4.60. The molecule has 0 radical (unpaired) electrons. The van der Waals surface area contributed by atoms with Crippen molar-refractivity contribution in [3.8, 4) is 18.1 Å². The number of aryl methyl sites for hydroxylation is 1. The second kappa shape index (κ2) is 5.77. The van der Waals surface area contributed by atoms with Crippen molar-refractivity contribution in [2.75, 3.05) is 6.54 Å². The van der Waals surface area contributed by atoms with E-state index in [1.807, 2.05) is 12.1 Å². The van der Waals surface area contributed by atoms with Gasteiger partial charge in [-0.05, 0) is 43.0 Å². The van der Waals surface area contributed by atoms with Gasteiger partial charge < -0.3 is 15.2 Å². The van der Waals surface area contributed by atoms with Gasteiger partial charge in [-0.25, -0.2) is 0 Å². The van der Waals surface area contributed by atoms with Crippen LogP contribution < -0.4 is 10.1 Å². The van der Waals surface area contributed by atoms with E-state index in [4.69, 9.17) is 11.2 Å². The van der Waals surface area contributed by atoms with E-state index in [2.05, 4.69) is 11.2 Å². The fourth-order valence-electron chi connectivity index (χ4n) is 2.18. The molecular formula is C15H17NO3. The molecule has 1 amide bonds. The highest BCUT2D eigenvalue weighted by molar-refractivity contribution is 5.80. The molecule has 2 N–H and O–H groups in total. The number of rotatable bonds is 4. The number of terminal acetylenes is 1. The van der Waals surface area contributed by atoms with Crippen molar-refractivity contribution >= 4 is 5.91 Å². The van der Waals surface area contributed by atoms with E-state index in [9.17, 15) is 9.90 Å². The molecule has 0 heterocycles. The van der Waals surface area contributed by atoms with Crippen LogP contribution in [0.15, 0.2) is 18.2 Å². The molecule has 4 heteroatoms.